The fourth-order valence-electron chi connectivity index (χ4n) is 1.69. The van der Waals surface area contributed by atoms with E-state index in [0.717, 1.165) is 12.2 Å². The number of anilines is 2. The van der Waals surface area contributed by atoms with Gasteiger partial charge in [0.2, 0.25) is 0 Å². The largest absolute Gasteiger partial charge is 0.494 e. The van der Waals surface area contributed by atoms with E-state index in [1.54, 1.807) is 12.1 Å². The Balaban J connectivity index is 1.71. The number of nitrogen functional groups attached to an aromatic ring is 1. The van der Waals surface area contributed by atoms with Crippen molar-refractivity contribution < 1.29 is 9.13 Å². The molecule has 0 aliphatic rings. The van der Waals surface area contributed by atoms with Crippen molar-refractivity contribution in [1.29, 1.82) is 0 Å². The molecule has 0 radical (unpaired) electrons. The summed E-state index contributed by atoms with van der Waals surface area (Å²) in [4.78, 5) is 0. The van der Waals surface area contributed by atoms with Crippen molar-refractivity contribution >= 4 is 11.4 Å². The Hall–Kier alpha value is -2.23. The van der Waals surface area contributed by atoms with Gasteiger partial charge in [-0.1, -0.05) is 24.3 Å². The van der Waals surface area contributed by atoms with Gasteiger partial charge in [0, 0.05) is 6.54 Å². The van der Waals surface area contributed by atoms with E-state index in [1.807, 2.05) is 30.3 Å². The molecule has 19 heavy (non-hydrogen) atoms. The van der Waals surface area contributed by atoms with Crippen LogP contribution in [0.1, 0.15) is 6.42 Å². The summed E-state index contributed by atoms with van der Waals surface area (Å²) in [6.45, 7) is 1.28. The summed E-state index contributed by atoms with van der Waals surface area (Å²) in [5.74, 6) is 0.457. The molecule has 0 fully saturated rings. The van der Waals surface area contributed by atoms with Crippen LogP contribution >= 0.6 is 0 Å². The number of nitrogens with one attached hydrogen (secondary N) is 1. The van der Waals surface area contributed by atoms with E-state index in [2.05, 4.69) is 5.32 Å². The standard InChI is InChI=1S/C15H17FN2O/c16-13-8-4-9-14(15(13)17)18-10-5-11-19-12-6-2-1-3-7-12/h1-4,6-9,18H,5,10-11,17H2. The molecule has 0 aromatic heterocycles. The van der Waals surface area contributed by atoms with Crippen molar-refractivity contribution in [3.8, 4) is 5.75 Å². The third-order valence-electron chi connectivity index (χ3n) is 2.70. The monoisotopic (exact) mass is 260 g/mol. The molecule has 0 saturated carbocycles. The minimum absolute atomic E-state index is 0.159. The van der Waals surface area contributed by atoms with Crippen LogP contribution in [0.3, 0.4) is 0 Å². The molecular weight excluding hydrogens is 243 g/mol. The maximum Gasteiger partial charge on any atom is 0.148 e. The van der Waals surface area contributed by atoms with Crippen LogP contribution in [0, 0.1) is 5.82 Å². The van der Waals surface area contributed by atoms with Crippen LogP contribution in [0.2, 0.25) is 0 Å². The highest BCUT2D eigenvalue weighted by molar-refractivity contribution is 5.66. The summed E-state index contributed by atoms with van der Waals surface area (Å²) in [7, 11) is 0. The first-order valence-corrected chi connectivity index (χ1v) is 6.23. The Morgan fingerprint density at radius 1 is 1.05 bits per heavy atom. The van der Waals surface area contributed by atoms with Crippen molar-refractivity contribution in [2.75, 3.05) is 24.2 Å². The third-order valence-corrected chi connectivity index (χ3v) is 2.70. The van der Waals surface area contributed by atoms with Gasteiger partial charge in [0.25, 0.3) is 0 Å². The van der Waals surface area contributed by atoms with E-state index in [0.29, 0.717) is 18.8 Å². The molecule has 2 aromatic carbocycles. The van der Waals surface area contributed by atoms with Gasteiger partial charge in [-0.05, 0) is 30.7 Å². The van der Waals surface area contributed by atoms with Gasteiger partial charge in [0.05, 0.1) is 18.0 Å². The lowest BCUT2D eigenvalue weighted by Crippen LogP contribution is -2.09. The molecule has 0 unspecified atom stereocenters. The van der Waals surface area contributed by atoms with Gasteiger partial charge >= 0.3 is 0 Å². The lowest BCUT2D eigenvalue weighted by Gasteiger charge is -2.10. The molecule has 0 saturated heterocycles. The first-order chi connectivity index (χ1) is 9.27. The molecule has 4 heteroatoms. The number of hydrogen-bond acceptors (Lipinski definition) is 3. The summed E-state index contributed by atoms with van der Waals surface area (Å²) < 4.78 is 18.7. The minimum Gasteiger partial charge on any atom is -0.494 e. The predicted octanol–water partition coefficient (Wildman–Crippen LogP) is 3.29. The lowest BCUT2D eigenvalue weighted by molar-refractivity contribution is 0.315. The molecule has 0 amide bonds. The quantitative estimate of drug-likeness (QED) is 0.619. The zero-order valence-electron chi connectivity index (χ0n) is 10.6. The number of hydrogen-bond donors (Lipinski definition) is 2. The highest BCUT2D eigenvalue weighted by Crippen LogP contribution is 2.20. The molecular formula is C15H17FN2O. The maximum atomic E-state index is 13.2. The molecule has 0 atom stereocenters. The molecule has 0 aliphatic carbocycles. The zero-order chi connectivity index (χ0) is 13.5. The summed E-state index contributed by atoms with van der Waals surface area (Å²) >= 11 is 0. The fourth-order valence-corrected chi connectivity index (χ4v) is 1.69. The van der Waals surface area contributed by atoms with Gasteiger partial charge in [-0.15, -0.1) is 0 Å². The van der Waals surface area contributed by atoms with E-state index < -0.39 is 5.82 Å². The zero-order valence-corrected chi connectivity index (χ0v) is 10.6. The van der Waals surface area contributed by atoms with Crippen molar-refractivity contribution in [3.05, 3.63) is 54.3 Å². The summed E-state index contributed by atoms with van der Waals surface area (Å²) in [6, 6.07) is 14.4. The van der Waals surface area contributed by atoms with Gasteiger partial charge in [0.15, 0.2) is 0 Å². The van der Waals surface area contributed by atoms with E-state index in [4.69, 9.17) is 10.5 Å². The van der Waals surface area contributed by atoms with Crippen LogP contribution in [-0.2, 0) is 0 Å². The lowest BCUT2D eigenvalue weighted by atomic mass is 10.2. The van der Waals surface area contributed by atoms with Gasteiger partial charge in [-0.3, -0.25) is 0 Å². The first kappa shape index (κ1) is 13.2. The van der Waals surface area contributed by atoms with Crippen LogP contribution < -0.4 is 15.8 Å². The number of ether oxygens (including phenoxy) is 1. The van der Waals surface area contributed by atoms with Gasteiger partial charge in [-0.2, -0.15) is 0 Å². The van der Waals surface area contributed by atoms with Crippen LogP contribution in [0.5, 0.6) is 5.75 Å². The second-order valence-corrected chi connectivity index (χ2v) is 4.14. The van der Waals surface area contributed by atoms with Crippen molar-refractivity contribution in [1.82, 2.24) is 0 Å². The predicted molar refractivity (Wildman–Crippen MR) is 75.9 cm³/mol. The van der Waals surface area contributed by atoms with Crippen molar-refractivity contribution in [2.45, 2.75) is 6.42 Å². The smallest absolute Gasteiger partial charge is 0.148 e. The second-order valence-electron chi connectivity index (χ2n) is 4.14. The SMILES string of the molecule is Nc1c(F)cccc1NCCCOc1ccccc1. The number of rotatable bonds is 6. The summed E-state index contributed by atoms with van der Waals surface area (Å²) in [6.07, 6.45) is 0.810. The highest BCUT2D eigenvalue weighted by Gasteiger charge is 2.02. The number of benzene rings is 2. The normalized spacial score (nSPS) is 10.2. The van der Waals surface area contributed by atoms with Crippen LogP contribution in [-0.4, -0.2) is 13.2 Å². The number of nitrogens with two attached hydrogens (primary N) is 1. The maximum absolute atomic E-state index is 13.2. The molecule has 2 aromatic rings. The Bertz CT molecular complexity index is 517. The van der Waals surface area contributed by atoms with Gasteiger partial charge in [-0.25, -0.2) is 4.39 Å². The average Bonchev–Trinajstić information content (AvgIpc) is 2.44. The van der Waals surface area contributed by atoms with E-state index in [1.165, 1.54) is 6.07 Å². The molecule has 0 spiro atoms. The minimum atomic E-state index is -0.398. The van der Waals surface area contributed by atoms with Crippen LogP contribution in [0.25, 0.3) is 0 Å². The molecule has 0 bridgehead atoms. The van der Waals surface area contributed by atoms with Gasteiger partial charge in [0.1, 0.15) is 11.6 Å². The Kier molecular flexibility index (Phi) is 4.61. The van der Waals surface area contributed by atoms with E-state index in [-0.39, 0.29) is 5.69 Å². The average molecular weight is 260 g/mol. The van der Waals surface area contributed by atoms with Crippen LogP contribution in [0.15, 0.2) is 48.5 Å². The summed E-state index contributed by atoms with van der Waals surface area (Å²) in [5, 5.41) is 3.10. The summed E-state index contributed by atoms with van der Waals surface area (Å²) in [5.41, 5.74) is 6.40. The highest BCUT2D eigenvalue weighted by atomic mass is 19.1. The fraction of sp³-hybridized carbons (Fsp3) is 0.200. The van der Waals surface area contributed by atoms with Crippen LogP contribution in [0.4, 0.5) is 15.8 Å². The third kappa shape index (κ3) is 3.88. The Labute approximate surface area is 112 Å². The van der Waals surface area contributed by atoms with Gasteiger partial charge < -0.3 is 15.8 Å². The molecule has 0 heterocycles. The first-order valence-electron chi connectivity index (χ1n) is 6.23. The molecule has 100 valence electrons. The Morgan fingerprint density at radius 3 is 2.63 bits per heavy atom. The molecule has 0 aliphatic heterocycles. The Morgan fingerprint density at radius 2 is 1.84 bits per heavy atom. The number of halogens is 1. The number of para-hydroxylation sites is 2. The van der Waals surface area contributed by atoms with E-state index in [9.17, 15) is 4.39 Å². The molecule has 3 nitrogen and oxygen atoms in total. The molecule has 2 rings (SSSR count). The molecule has 3 N–H and O–H groups in total. The topological polar surface area (TPSA) is 47.3 Å². The second kappa shape index (κ2) is 6.64. The van der Waals surface area contributed by atoms with E-state index >= 15 is 0 Å². The van der Waals surface area contributed by atoms with Crippen molar-refractivity contribution in [3.63, 3.8) is 0 Å². The van der Waals surface area contributed by atoms with Crippen molar-refractivity contribution in [2.24, 2.45) is 0 Å².